The minimum Gasteiger partial charge on any atom is -0.490 e. The van der Waals surface area contributed by atoms with Crippen molar-refractivity contribution in [2.24, 2.45) is 11.7 Å². The van der Waals surface area contributed by atoms with E-state index in [0.29, 0.717) is 17.0 Å². The summed E-state index contributed by atoms with van der Waals surface area (Å²) in [4.78, 5) is 0.436. The topological polar surface area (TPSA) is 35.2 Å². The molecule has 1 aliphatic rings. The highest BCUT2D eigenvalue weighted by Gasteiger charge is 2.25. The van der Waals surface area contributed by atoms with E-state index in [1.54, 1.807) is 0 Å². The smallest absolute Gasteiger partial charge is 0.119 e. The highest BCUT2D eigenvalue weighted by molar-refractivity contribution is 7.80. The third-order valence-corrected chi connectivity index (χ3v) is 4.03. The lowest BCUT2D eigenvalue weighted by Gasteiger charge is -2.31. The molecular weight excluding hydrogens is 242 g/mol. The van der Waals surface area contributed by atoms with Crippen LogP contribution in [0.15, 0.2) is 24.3 Å². The fourth-order valence-corrected chi connectivity index (χ4v) is 2.80. The molecule has 0 aliphatic heterocycles. The number of thiocarbonyl (C=S) groups is 1. The first-order valence-corrected chi connectivity index (χ1v) is 7.18. The van der Waals surface area contributed by atoms with Gasteiger partial charge in [0.05, 0.1) is 0 Å². The predicted octanol–water partition coefficient (Wildman–Crippen LogP) is 3.67. The van der Waals surface area contributed by atoms with Crippen molar-refractivity contribution in [1.82, 2.24) is 0 Å². The summed E-state index contributed by atoms with van der Waals surface area (Å²) in [6.45, 7) is 2.25. The average molecular weight is 263 g/mol. The Kier molecular flexibility index (Phi) is 4.59. The standard InChI is InChI=1S/C15H21NOS/c1-2-11-5-3-4-6-14(11)17-13-9-7-12(8-10-13)15(16)18/h7-11,14H,2-6H2,1H3,(H2,16,18). The molecule has 1 aromatic carbocycles. The molecule has 0 radical (unpaired) electrons. The van der Waals surface area contributed by atoms with Crippen LogP contribution < -0.4 is 10.5 Å². The zero-order chi connectivity index (χ0) is 13.0. The average Bonchev–Trinajstić information content (AvgIpc) is 2.40. The van der Waals surface area contributed by atoms with Crippen LogP contribution in [0, 0.1) is 5.92 Å². The summed E-state index contributed by atoms with van der Waals surface area (Å²) in [5, 5.41) is 0. The molecule has 1 fully saturated rings. The maximum atomic E-state index is 6.11. The van der Waals surface area contributed by atoms with Crippen molar-refractivity contribution in [3.8, 4) is 5.75 Å². The Hall–Kier alpha value is -1.09. The number of ether oxygens (including phenoxy) is 1. The van der Waals surface area contributed by atoms with Crippen LogP contribution in [0.3, 0.4) is 0 Å². The summed E-state index contributed by atoms with van der Waals surface area (Å²) in [6, 6.07) is 7.80. The molecule has 1 aromatic rings. The van der Waals surface area contributed by atoms with Gasteiger partial charge in [-0.15, -0.1) is 0 Å². The number of rotatable bonds is 4. The van der Waals surface area contributed by atoms with E-state index in [9.17, 15) is 0 Å². The van der Waals surface area contributed by atoms with Gasteiger partial charge >= 0.3 is 0 Å². The van der Waals surface area contributed by atoms with Crippen LogP contribution in [0.5, 0.6) is 5.75 Å². The second-order valence-electron chi connectivity index (χ2n) is 5.00. The Bertz CT molecular complexity index is 401. The van der Waals surface area contributed by atoms with E-state index in [-0.39, 0.29) is 0 Å². The van der Waals surface area contributed by atoms with Gasteiger partial charge in [-0.25, -0.2) is 0 Å². The monoisotopic (exact) mass is 263 g/mol. The second kappa shape index (κ2) is 6.19. The summed E-state index contributed by atoms with van der Waals surface area (Å²) in [5.41, 5.74) is 6.48. The Morgan fingerprint density at radius 2 is 1.94 bits per heavy atom. The molecule has 2 unspecified atom stereocenters. The first-order chi connectivity index (χ1) is 8.70. The molecule has 2 rings (SSSR count). The number of hydrogen-bond acceptors (Lipinski definition) is 2. The fourth-order valence-electron chi connectivity index (χ4n) is 2.67. The van der Waals surface area contributed by atoms with Crippen LogP contribution in [-0.2, 0) is 0 Å². The second-order valence-corrected chi connectivity index (χ2v) is 5.44. The van der Waals surface area contributed by atoms with Gasteiger partial charge in [0.1, 0.15) is 16.8 Å². The van der Waals surface area contributed by atoms with Gasteiger partial charge in [0.25, 0.3) is 0 Å². The van der Waals surface area contributed by atoms with Crippen molar-refractivity contribution in [2.75, 3.05) is 0 Å². The van der Waals surface area contributed by atoms with Gasteiger partial charge in [-0.2, -0.15) is 0 Å². The predicted molar refractivity (Wildman–Crippen MR) is 79.0 cm³/mol. The van der Waals surface area contributed by atoms with Crippen LogP contribution in [0.2, 0.25) is 0 Å². The molecule has 0 aromatic heterocycles. The highest BCUT2D eigenvalue weighted by Crippen LogP contribution is 2.30. The Morgan fingerprint density at radius 1 is 1.28 bits per heavy atom. The molecule has 2 N–H and O–H groups in total. The summed E-state index contributed by atoms with van der Waals surface area (Å²) < 4.78 is 6.11. The molecule has 2 nitrogen and oxygen atoms in total. The normalized spacial score (nSPS) is 23.6. The van der Waals surface area contributed by atoms with Gasteiger partial charge in [-0.3, -0.25) is 0 Å². The van der Waals surface area contributed by atoms with Gasteiger partial charge in [-0.05, 0) is 55.9 Å². The number of hydrogen-bond donors (Lipinski definition) is 1. The van der Waals surface area contributed by atoms with Crippen molar-refractivity contribution in [3.05, 3.63) is 29.8 Å². The maximum Gasteiger partial charge on any atom is 0.119 e. The van der Waals surface area contributed by atoms with Gasteiger partial charge in [0.15, 0.2) is 0 Å². The van der Waals surface area contributed by atoms with E-state index in [2.05, 4.69) is 6.92 Å². The van der Waals surface area contributed by atoms with Crippen LogP contribution >= 0.6 is 12.2 Å². The zero-order valence-electron chi connectivity index (χ0n) is 10.9. The Morgan fingerprint density at radius 3 is 2.56 bits per heavy atom. The largest absolute Gasteiger partial charge is 0.490 e. The summed E-state index contributed by atoms with van der Waals surface area (Å²) in [7, 11) is 0. The Balaban J connectivity index is 2.01. The molecule has 0 amide bonds. The molecule has 0 heterocycles. The van der Waals surface area contributed by atoms with Crippen molar-refractivity contribution >= 4 is 17.2 Å². The third kappa shape index (κ3) is 3.22. The molecule has 3 heteroatoms. The molecule has 0 saturated heterocycles. The van der Waals surface area contributed by atoms with E-state index in [1.165, 1.54) is 32.1 Å². The molecule has 1 saturated carbocycles. The molecule has 1 aliphatic carbocycles. The zero-order valence-corrected chi connectivity index (χ0v) is 11.7. The summed E-state index contributed by atoms with van der Waals surface area (Å²) >= 11 is 4.94. The van der Waals surface area contributed by atoms with Crippen molar-refractivity contribution in [2.45, 2.75) is 45.1 Å². The summed E-state index contributed by atoms with van der Waals surface area (Å²) in [6.07, 6.45) is 6.68. The molecule has 0 spiro atoms. The van der Waals surface area contributed by atoms with Crippen LogP contribution in [-0.4, -0.2) is 11.1 Å². The van der Waals surface area contributed by atoms with E-state index < -0.39 is 0 Å². The third-order valence-electron chi connectivity index (χ3n) is 3.79. The SMILES string of the molecule is CCC1CCCCC1Oc1ccc(C(N)=S)cc1. The molecule has 98 valence electrons. The van der Waals surface area contributed by atoms with E-state index in [1.807, 2.05) is 24.3 Å². The lowest BCUT2D eigenvalue weighted by Crippen LogP contribution is -2.29. The van der Waals surface area contributed by atoms with Gasteiger partial charge in [0, 0.05) is 5.56 Å². The van der Waals surface area contributed by atoms with Crippen LogP contribution in [0.1, 0.15) is 44.6 Å². The van der Waals surface area contributed by atoms with E-state index in [0.717, 1.165) is 11.3 Å². The number of benzene rings is 1. The van der Waals surface area contributed by atoms with Gasteiger partial charge in [-0.1, -0.05) is 25.6 Å². The van der Waals surface area contributed by atoms with Crippen LogP contribution in [0.4, 0.5) is 0 Å². The minimum atomic E-state index is 0.374. The van der Waals surface area contributed by atoms with Crippen LogP contribution in [0.25, 0.3) is 0 Å². The first-order valence-electron chi connectivity index (χ1n) is 6.77. The van der Waals surface area contributed by atoms with Crippen molar-refractivity contribution in [3.63, 3.8) is 0 Å². The summed E-state index contributed by atoms with van der Waals surface area (Å²) in [5.74, 6) is 1.63. The molecule has 0 bridgehead atoms. The first kappa shape index (κ1) is 13.3. The highest BCUT2D eigenvalue weighted by atomic mass is 32.1. The fraction of sp³-hybridized carbons (Fsp3) is 0.533. The molecular formula is C15H21NOS. The maximum absolute atomic E-state index is 6.11. The lowest BCUT2D eigenvalue weighted by molar-refractivity contribution is 0.0904. The van der Waals surface area contributed by atoms with Crippen molar-refractivity contribution < 1.29 is 4.74 Å². The lowest BCUT2D eigenvalue weighted by atomic mass is 9.85. The van der Waals surface area contributed by atoms with E-state index >= 15 is 0 Å². The van der Waals surface area contributed by atoms with Gasteiger partial charge in [0.2, 0.25) is 0 Å². The minimum absolute atomic E-state index is 0.374. The van der Waals surface area contributed by atoms with Crippen molar-refractivity contribution in [1.29, 1.82) is 0 Å². The number of nitrogens with two attached hydrogens (primary N) is 1. The quantitative estimate of drug-likeness (QED) is 0.842. The Labute approximate surface area is 115 Å². The van der Waals surface area contributed by atoms with E-state index in [4.69, 9.17) is 22.7 Å². The molecule has 2 atom stereocenters. The molecule has 18 heavy (non-hydrogen) atoms. The van der Waals surface area contributed by atoms with Gasteiger partial charge < -0.3 is 10.5 Å².